The molecule has 1 N–H and O–H groups in total. The topological polar surface area (TPSA) is 59.8 Å². The Labute approximate surface area is 126 Å². The van der Waals surface area contributed by atoms with Crippen LogP contribution in [0.4, 0.5) is 5.13 Å². The molecule has 0 atom stereocenters. The minimum atomic E-state index is -0.175. The van der Waals surface area contributed by atoms with Gasteiger partial charge in [0.1, 0.15) is 5.69 Å². The molecule has 0 saturated heterocycles. The van der Waals surface area contributed by atoms with Crippen LogP contribution < -0.4 is 5.32 Å². The van der Waals surface area contributed by atoms with Crippen LogP contribution >= 0.6 is 11.3 Å². The summed E-state index contributed by atoms with van der Waals surface area (Å²) < 4.78 is 2.76. The monoisotopic (exact) mass is 300 g/mol. The summed E-state index contributed by atoms with van der Waals surface area (Å²) in [7, 11) is 0. The number of aryl methyl sites for hydroxylation is 2. The first-order valence-electron chi connectivity index (χ1n) is 6.94. The van der Waals surface area contributed by atoms with Crippen molar-refractivity contribution in [2.24, 2.45) is 0 Å². The highest BCUT2D eigenvalue weighted by molar-refractivity contribution is 7.22. The van der Waals surface area contributed by atoms with Gasteiger partial charge >= 0.3 is 0 Å². The van der Waals surface area contributed by atoms with Gasteiger partial charge in [0, 0.05) is 12.7 Å². The third kappa shape index (κ3) is 2.54. The van der Waals surface area contributed by atoms with Gasteiger partial charge in [-0.1, -0.05) is 30.4 Å². The summed E-state index contributed by atoms with van der Waals surface area (Å²) in [6.45, 7) is 4.72. The summed E-state index contributed by atoms with van der Waals surface area (Å²) in [6, 6.07) is 7.83. The van der Waals surface area contributed by atoms with E-state index in [4.69, 9.17) is 0 Å². The van der Waals surface area contributed by atoms with E-state index in [1.54, 1.807) is 16.9 Å². The zero-order valence-corrected chi connectivity index (χ0v) is 12.8. The molecule has 108 valence electrons. The maximum absolute atomic E-state index is 12.3. The highest BCUT2D eigenvalue weighted by Gasteiger charge is 2.14. The number of nitrogens with zero attached hydrogens (tertiary/aromatic N) is 3. The Morgan fingerprint density at radius 3 is 2.95 bits per heavy atom. The predicted molar refractivity (Wildman–Crippen MR) is 84.9 cm³/mol. The van der Waals surface area contributed by atoms with E-state index >= 15 is 0 Å². The van der Waals surface area contributed by atoms with Gasteiger partial charge in [0.25, 0.3) is 5.91 Å². The molecule has 5 nitrogen and oxygen atoms in total. The molecule has 6 heteroatoms. The number of carbonyl (C=O) groups excluding carboxylic acids is 1. The van der Waals surface area contributed by atoms with Crippen molar-refractivity contribution in [3.05, 3.63) is 41.7 Å². The number of carbonyl (C=O) groups is 1. The Hall–Kier alpha value is -2.21. The summed E-state index contributed by atoms with van der Waals surface area (Å²) >= 11 is 1.49. The Balaban J connectivity index is 1.90. The number of para-hydroxylation sites is 1. The number of hydrogen-bond acceptors (Lipinski definition) is 4. The molecule has 0 fully saturated rings. The van der Waals surface area contributed by atoms with Gasteiger partial charge in [-0.3, -0.25) is 14.8 Å². The lowest BCUT2D eigenvalue weighted by Crippen LogP contribution is -2.17. The minimum absolute atomic E-state index is 0.175. The zero-order valence-electron chi connectivity index (χ0n) is 12.0. The van der Waals surface area contributed by atoms with Gasteiger partial charge in [-0.25, -0.2) is 4.98 Å². The lowest BCUT2D eigenvalue weighted by atomic mass is 10.1. The van der Waals surface area contributed by atoms with Gasteiger partial charge in [-0.2, -0.15) is 5.10 Å². The smallest absolute Gasteiger partial charge is 0.275 e. The van der Waals surface area contributed by atoms with Crippen LogP contribution in [-0.4, -0.2) is 20.7 Å². The normalized spacial score (nSPS) is 11.0. The van der Waals surface area contributed by atoms with Crippen molar-refractivity contribution in [1.82, 2.24) is 14.8 Å². The molecule has 0 bridgehead atoms. The van der Waals surface area contributed by atoms with Crippen molar-refractivity contribution in [2.45, 2.75) is 26.8 Å². The van der Waals surface area contributed by atoms with Gasteiger partial charge in [0.15, 0.2) is 5.13 Å². The molecular weight excluding hydrogens is 284 g/mol. The lowest BCUT2D eigenvalue weighted by Gasteiger charge is -2.03. The van der Waals surface area contributed by atoms with E-state index in [-0.39, 0.29) is 5.91 Å². The molecule has 0 aliphatic rings. The minimum Gasteiger partial charge on any atom is -0.296 e. The van der Waals surface area contributed by atoms with Gasteiger partial charge in [-0.15, -0.1) is 0 Å². The van der Waals surface area contributed by atoms with Crippen molar-refractivity contribution in [3.63, 3.8) is 0 Å². The SMILES string of the molecule is CCc1cccc2sc(NC(=O)c3ccnn3CC)nc12. The van der Waals surface area contributed by atoms with Crippen LogP contribution in [0.25, 0.3) is 10.2 Å². The number of rotatable bonds is 4. The molecule has 2 aromatic heterocycles. The Morgan fingerprint density at radius 1 is 1.33 bits per heavy atom. The van der Waals surface area contributed by atoms with Gasteiger partial charge in [-0.05, 0) is 31.0 Å². The quantitative estimate of drug-likeness (QED) is 0.804. The summed E-state index contributed by atoms with van der Waals surface area (Å²) in [5.41, 5.74) is 2.72. The molecule has 0 aliphatic carbocycles. The number of fused-ring (bicyclic) bond motifs is 1. The number of benzene rings is 1. The number of anilines is 1. The molecule has 3 aromatic rings. The van der Waals surface area contributed by atoms with Crippen LogP contribution in [0.3, 0.4) is 0 Å². The van der Waals surface area contributed by atoms with E-state index in [1.807, 2.05) is 19.1 Å². The first-order chi connectivity index (χ1) is 10.2. The largest absolute Gasteiger partial charge is 0.296 e. The zero-order chi connectivity index (χ0) is 14.8. The van der Waals surface area contributed by atoms with Crippen LogP contribution in [0.2, 0.25) is 0 Å². The van der Waals surface area contributed by atoms with Crippen molar-refractivity contribution < 1.29 is 4.79 Å². The molecule has 21 heavy (non-hydrogen) atoms. The molecule has 0 aliphatic heterocycles. The van der Waals surface area contributed by atoms with Gasteiger partial charge in [0.2, 0.25) is 0 Å². The molecule has 0 saturated carbocycles. The van der Waals surface area contributed by atoms with Crippen molar-refractivity contribution in [2.75, 3.05) is 5.32 Å². The predicted octanol–water partition coefficient (Wildman–Crippen LogP) is 3.33. The standard InChI is InChI=1S/C15H16N4OS/c1-3-10-6-5-7-12-13(10)17-15(21-12)18-14(20)11-8-9-16-19(11)4-2/h5-9H,3-4H2,1-2H3,(H,17,18,20). The summed E-state index contributed by atoms with van der Waals surface area (Å²) in [6.07, 6.45) is 2.56. The van der Waals surface area contributed by atoms with E-state index in [9.17, 15) is 4.79 Å². The van der Waals surface area contributed by atoms with Crippen LogP contribution in [-0.2, 0) is 13.0 Å². The van der Waals surface area contributed by atoms with E-state index in [1.165, 1.54) is 16.9 Å². The fourth-order valence-electron chi connectivity index (χ4n) is 2.28. The third-order valence-corrected chi connectivity index (χ3v) is 4.29. The van der Waals surface area contributed by atoms with Crippen LogP contribution in [0, 0.1) is 0 Å². The van der Waals surface area contributed by atoms with Crippen molar-refractivity contribution >= 4 is 32.6 Å². The van der Waals surface area contributed by atoms with Crippen molar-refractivity contribution in [1.29, 1.82) is 0 Å². The van der Waals surface area contributed by atoms with Gasteiger partial charge in [0.05, 0.1) is 10.2 Å². The maximum Gasteiger partial charge on any atom is 0.275 e. The molecular formula is C15H16N4OS. The number of hydrogen-bond donors (Lipinski definition) is 1. The van der Waals surface area contributed by atoms with Gasteiger partial charge < -0.3 is 0 Å². The average molecular weight is 300 g/mol. The third-order valence-electron chi connectivity index (χ3n) is 3.35. The summed E-state index contributed by atoms with van der Waals surface area (Å²) in [5.74, 6) is -0.175. The highest BCUT2D eigenvalue weighted by Crippen LogP contribution is 2.28. The van der Waals surface area contributed by atoms with E-state index < -0.39 is 0 Å². The van der Waals surface area contributed by atoms with Crippen LogP contribution in [0.5, 0.6) is 0 Å². The van der Waals surface area contributed by atoms with Crippen molar-refractivity contribution in [3.8, 4) is 0 Å². The first-order valence-corrected chi connectivity index (χ1v) is 7.76. The molecule has 3 rings (SSSR count). The van der Waals surface area contributed by atoms with E-state index in [2.05, 4.69) is 28.4 Å². The summed E-state index contributed by atoms with van der Waals surface area (Å²) in [4.78, 5) is 16.8. The summed E-state index contributed by atoms with van der Waals surface area (Å²) in [5, 5.41) is 7.60. The fourth-order valence-corrected chi connectivity index (χ4v) is 3.19. The Kier molecular flexibility index (Phi) is 3.70. The number of aromatic nitrogens is 3. The number of nitrogens with one attached hydrogen (secondary N) is 1. The molecule has 0 unspecified atom stereocenters. The van der Waals surface area contributed by atoms with E-state index in [0.29, 0.717) is 17.4 Å². The van der Waals surface area contributed by atoms with Crippen LogP contribution in [0.1, 0.15) is 29.9 Å². The Bertz CT molecular complexity index is 790. The number of amides is 1. The van der Waals surface area contributed by atoms with E-state index in [0.717, 1.165) is 16.6 Å². The molecule has 2 heterocycles. The molecule has 1 aromatic carbocycles. The second-order valence-electron chi connectivity index (χ2n) is 4.62. The fraction of sp³-hybridized carbons (Fsp3) is 0.267. The maximum atomic E-state index is 12.3. The molecule has 1 amide bonds. The Morgan fingerprint density at radius 2 is 2.19 bits per heavy atom. The molecule has 0 radical (unpaired) electrons. The average Bonchev–Trinajstić information content (AvgIpc) is 3.12. The lowest BCUT2D eigenvalue weighted by molar-refractivity contribution is 0.101. The highest BCUT2D eigenvalue weighted by atomic mass is 32.1. The number of thiazole rings is 1. The molecule has 0 spiro atoms. The first kappa shape index (κ1) is 13.8. The van der Waals surface area contributed by atoms with Crippen LogP contribution in [0.15, 0.2) is 30.5 Å². The second-order valence-corrected chi connectivity index (χ2v) is 5.65. The second kappa shape index (κ2) is 5.65.